The molecule has 0 radical (unpaired) electrons. The lowest BCUT2D eigenvalue weighted by Crippen LogP contribution is -2.46. The van der Waals surface area contributed by atoms with Crippen molar-refractivity contribution in [3.63, 3.8) is 0 Å². The highest BCUT2D eigenvalue weighted by Gasteiger charge is 2.28. The zero-order valence-corrected chi connectivity index (χ0v) is 21.0. The van der Waals surface area contributed by atoms with Crippen molar-refractivity contribution in [2.45, 2.75) is 68.1 Å². The van der Waals surface area contributed by atoms with Gasteiger partial charge >= 0.3 is 5.97 Å². The molecule has 1 saturated heterocycles. The third kappa shape index (κ3) is 7.14. The Morgan fingerprint density at radius 2 is 1.76 bits per heavy atom. The predicted octanol–water partition coefficient (Wildman–Crippen LogP) is 5.26. The van der Waals surface area contributed by atoms with Crippen molar-refractivity contribution < 1.29 is 19.5 Å². The fourth-order valence-corrected chi connectivity index (χ4v) is 6.02. The Labute approximate surface area is 209 Å². The molecular formula is C24H30Cl2N2O4S. The topological polar surface area (TPSA) is 86.7 Å². The number of nitrogens with zero attached hydrogens (tertiary/aromatic N) is 1. The fraction of sp³-hybridized carbons (Fsp3) is 0.542. The van der Waals surface area contributed by atoms with Gasteiger partial charge in [-0.2, -0.15) is 0 Å². The van der Waals surface area contributed by atoms with E-state index >= 15 is 0 Å². The largest absolute Gasteiger partial charge is 0.480 e. The third-order valence-corrected chi connectivity index (χ3v) is 8.64. The number of aliphatic carboxylic acids is 1. The van der Waals surface area contributed by atoms with Gasteiger partial charge in [-0.3, -0.25) is 14.4 Å². The molecule has 180 valence electrons. The Hall–Kier alpha value is -1.70. The number of halogens is 2. The Kier molecular flexibility index (Phi) is 9.53. The Balaban J connectivity index is 1.53. The van der Waals surface area contributed by atoms with Gasteiger partial charge in [0.15, 0.2) is 0 Å². The maximum absolute atomic E-state index is 12.6. The molecule has 2 N–H and O–H groups in total. The number of hydrogen-bond donors (Lipinski definition) is 2. The standard InChI is InChI=1S/C24H30Cl2N2O4S/c1-15(24(31)32)27-23(30)17-11-13-28(14-12-17)20(29)10-8-16-7-9-19(22(26)21(16)25)33-18-5-3-2-4-6-18/h7-10,15,17-18H,2-6,11-14H2,1H3,(H,27,30)(H,31,32). The van der Waals surface area contributed by atoms with Crippen molar-refractivity contribution in [3.8, 4) is 0 Å². The molecule has 1 heterocycles. The van der Waals surface area contributed by atoms with E-state index in [9.17, 15) is 14.4 Å². The van der Waals surface area contributed by atoms with Crippen LogP contribution in [-0.4, -0.2) is 52.2 Å². The zero-order chi connectivity index (χ0) is 24.0. The van der Waals surface area contributed by atoms with E-state index in [1.807, 2.05) is 12.1 Å². The van der Waals surface area contributed by atoms with Crippen LogP contribution in [0.4, 0.5) is 0 Å². The van der Waals surface area contributed by atoms with Gasteiger partial charge in [0, 0.05) is 35.2 Å². The summed E-state index contributed by atoms with van der Waals surface area (Å²) in [5.41, 5.74) is 0.694. The molecule has 2 amide bonds. The number of nitrogens with one attached hydrogen (secondary N) is 1. The SMILES string of the molecule is CC(NC(=O)C1CCN(C(=O)C=Cc2ccc(SC3CCCCC3)c(Cl)c2Cl)CC1)C(=O)O. The van der Waals surface area contributed by atoms with Gasteiger partial charge in [-0.15, -0.1) is 11.8 Å². The summed E-state index contributed by atoms with van der Waals surface area (Å²) in [5, 5.41) is 13.0. The van der Waals surface area contributed by atoms with Gasteiger partial charge in [0.1, 0.15) is 6.04 Å². The molecule has 9 heteroatoms. The minimum absolute atomic E-state index is 0.152. The number of carboxylic acids is 1. The number of carbonyl (C=O) groups is 3. The van der Waals surface area contributed by atoms with Crippen LogP contribution in [0.5, 0.6) is 0 Å². The number of piperidine rings is 1. The van der Waals surface area contributed by atoms with Crippen molar-refractivity contribution in [2.75, 3.05) is 13.1 Å². The van der Waals surface area contributed by atoms with Crippen LogP contribution in [0.3, 0.4) is 0 Å². The summed E-state index contributed by atoms with van der Waals surface area (Å²) in [6.07, 6.45) is 10.4. The van der Waals surface area contributed by atoms with Crippen molar-refractivity contribution in [3.05, 3.63) is 33.8 Å². The second kappa shape index (κ2) is 12.1. The van der Waals surface area contributed by atoms with Crippen LogP contribution in [0, 0.1) is 5.92 Å². The van der Waals surface area contributed by atoms with Gasteiger partial charge in [0.2, 0.25) is 11.8 Å². The molecule has 0 spiro atoms. The first-order valence-corrected chi connectivity index (χ1v) is 13.0. The van der Waals surface area contributed by atoms with Crippen LogP contribution in [0.15, 0.2) is 23.1 Å². The second-order valence-corrected chi connectivity index (χ2v) is 10.8. The first kappa shape index (κ1) is 25.9. The van der Waals surface area contributed by atoms with Gasteiger partial charge in [-0.1, -0.05) is 48.5 Å². The first-order chi connectivity index (χ1) is 15.8. The third-order valence-electron chi connectivity index (χ3n) is 6.23. The number of likely N-dealkylation sites (tertiary alicyclic amines) is 1. The summed E-state index contributed by atoms with van der Waals surface area (Å²) < 4.78 is 0. The van der Waals surface area contributed by atoms with E-state index in [-0.39, 0.29) is 17.7 Å². The zero-order valence-electron chi connectivity index (χ0n) is 18.7. The smallest absolute Gasteiger partial charge is 0.325 e. The van der Waals surface area contributed by atoms with E-state index < -0.39 is 12.0 Å². The maximum Gasteiger partial charge on any atom is 0.325 e. The molecule has 2 fully saturated rings. The molecule has 1 unspecified atom stereocenters. The van der Waals surface area contributed by atoms with E-state index in [1.165, 1.54) is 45.1 Å². The second-order valence-electron chi connectivity index (χ2n) is 8.66. The van der Waals surface area contributed by atoms with E-state index in [4.69, 9.17) is 28.3 Å². The average molecular weight is 513 g/mol. The normalized spacial score (nSPS) is 18.9. The summed E-state index contributed by atoms with van der Waals surface area (Å²) in [5.74, 6) is -1.79. The van der Waals surface area contributed by atoms with Crippen LogP contribution in [0.25, 0.3) is 6.08 Å². The van der Waals surface area contributed by atoms with Gasteiger partial charge in [-0.05, 0) is 50.3 Å². The van der Waals surface area contributed by atoms with Crippen LogP contribution in [-0.2, 0) is 14.4 Å². The summed E-state index contributed by atoms with van der Waals surface area (Å²) in [7, 11) is 0. The van der Waals surface area contributed by atoms with Gasteiger partial charge in [0.05, 0.1) is 10.0 Å². The van der Waals surface area contributed by atoms with E-state index in [0.717, 1.165) is 4.90 Å². The molecule has 3 rings (SSSR count). The quantitative estimate of drug-likeness (QED) is 0.486. The number of benzene rings is 1. The Morgan fingerprint density at radius 1 is 1.09 bits per heavy atom. The molecule has 1 aromatic rings. The van der Waals surface area contributed by atoms with Gasteiger partial charge in [0.25, 0.3) is 0 Å². The Morgan fingerprint density at radius 3 is 2.39 bits per heavy atom. The van der Waals surface area contributed by atoms with Crippen molar-refractivity contribution in [1.29, 1.82) is 0 Å². The maximum atomic E-state index is 12.6. The van der Waals surface area contributed by atoms with Crippen molar-refractivity contribution in [2.24, 2.45) is 5.92 Å². The molecule has 1 aromatic carbocycles. The highest BCUT2D eigenvalue weighted by Crippen LogP contribution is 2.41. The van der Waals surface area contributed by atoms with Gasteiger partial charge < -0.3 is 15.3 Å². The highest BCUT2D eigenvalue weighted by atomic mass is 35.5. The molecule has 1 aliphatic heterocycles. The molecule has 0 bridgehead atoms. The number of thioether (sulfide) groups is 1. The van der Waals surface area contributed by atoms with E-state index in [2.05, 4.69) is 5.32 Å². The number of rotatable bonds is 7. The number of amides is 2. The van der Waals surface area contributed by atoms with E-state index in [1.54, 1.807) is 22.7 Å². The fourth-order valence-electron chi connectivity index (χ4n) is 4.15. The predicted molar refractivity (Wildman–Crippen MR) is 133 cm³/mol. The van der Waals surface area contributed by atoms with Crippen LogP contribution in [0.1, 0.15) is 57.4 Å². The molecule has 6 nitrogen and oxygen atoms in total. The molecule has 1 aliphatic carbocycles. The lowest BCUT2D eigenvalue weighted by atomic mass is 9.95. The first-order valence-electron chi connectivity index (χ1n) is 11.4. The highest BCUT2D eigenvalue weighted by molar-refractivity contribution is 8.00. The number of carboxylic acid groups (broad SMARTS) is 1. The van der Waals surface area contributed by atoms with Crippen LogP contribution >= 0.6 is 35.0 Å². The number of hydrogen-bond acceptors (Lipinski definition) is 4. The van der Waals surface area contributed by atoms with E-state index in [0.29, 0.717) is 46.8 Å². The summed E-state index contributed by atoms with van der Waals surface area (Å²) in [6.45, 7) is 2.31. The summed E-state index contributed by atoms with van der Waals surface area (Å²) >= 11 is 14.8. The van der Waals surface area contributed by atoms with Crippen LogP contribution < -0.4 is 5.32 Å². The average Bonchev–Trinajstić information content (AvgIpc) is 2.82. The monoisotopic (exact) mass is 512 g/mol. The Bertz CT molecular complexity index is 910. The van der Waals surface area contributed by atoms with Crippen molar-refractivity contribution in [1.82, 2.24) is 10.2 Å². The lowest BCUT2D eigenvalue weighted by Gasteiger charge is -2.31. The lowest BCUT2D eigenvalue weighted by molar-refractivity contribution is -0.142. The molecule has 1 atom stereocenters. The van der Waals surface area contributed by atoms with Gasteiger partial charge in [-0.25, -0.2) is 0 Å². The minimum Gasteiger partial charge on any atom is -0.480 e. The molecule has 33 heavy (non-hydrogen) atoms. The van der Waals surface area contributed by atoms with Crippen LogP contribution in [0.2, 0.25) is 10.0 Å². The minimum atomic E-state index is -1.07. The molecule has 2 aliphatic rings. The van der Waals surface area contributed by atoms with Crippen molar-refractivity contribution >= 4 is 58.8 Å². The summed E-state index contributed by atoms with van der Waals surface area (Å²) in [6, 6.07) is 2.94. The number of carbonyl (C=O) groups excluding carboxylic acids is 2. The molecule has 1 saturated carbocycles. The molecular weight excluding hydrogens is 483 g/mol. The summed E-state index contributed by atoms with van der Waals surface area (Å²) in [4.78, 5) is 38.4. The molecule has 0 aromatic heterocycles.